The summed E-state index contributed by atoms with van der Waals surface area (Å²) in [7, 11) is 8.37. The molecule has 44 heavy (non-hydrogen) atoms. The van der Waals surface area contributed by atoms with Crippen LogP contribution in [0.2, 0.25) is 0 Å². The SMILES string of the molecule is CN(C)c1ccc(C(C2=CC=CC3=CC=CC(=C(c4ccc(I)cc4)c4ccc(I)cc4)[C+]32)c2ccc(N(C)C)cc2)cc1. The summed E-state index contributed by atoms with van der Waals surface area (Å²) in [5.74, 6) is 1.35. The van der Waals surface area contributed by atoms with Crippen molar-refractivity contribution >= 4 is 62.1 Å². The summed E-state index contributed by atoms with van der Waals surface area (Å²) in [5.41, 5.74) is 12.4. The third-order valence-electron chi connectivity index (χ3n) is 8.27. The number of fused-ring (bicyclic) bond motifs is 1. The van der Waals surface area contributed by atoms with Gasteiger partial charge in [0.2, 0.25) is 0 Å². The van der Waals surface area contributed by atoms with E-state index in [9.17, 15) is 0 Å². The van der Waals surface area contributed by atoms with E-state index < -0.39 is 0 Å². The van der Waals surface area contributed by atoms with E-state index in [1.807, 2.05) is 0 Å². The van der Waals surface area contributed by atoms with Crippen molar-refractivity contribution < 1.29 is 0 Å². The zero-order chi connectivity index (χ0) is 30.8. The molecule has 0 atom stereocenters. The van der Waals surface area contributed by atoms with Gasteiger partial charge in [0.15, 0.2) is 0 Å². The molecule has 218 valence electrons. The Morgan fingerprint density at radius 1 is 0.568 bits per heavy atom. The van der Waals surface area contributed by atoms with Gasteiger partial charge < -0.3 is 9.80 Å². The quantitative estimate of drug-likeness (QED) is 0.136. The summed E-state index contributed by atoms with van der Waals surface area (Å²) in [5, 5.41) is 0. The Morgan fingerprint density at radius 2 is 1.02 bits per heavy atom. The first kappa shape index (κ1) is 30.5. The molecule has 0 radical (unpaired) electrons. The molecule has 0 bridgehead atoms. The van der Waals surface area contributed by atoms with Crippen molar-refractivity contribution in [1.29, 1.82) is 0 Å². The predicted molar refractivity (Wildman–Crippen MR) is 205 cm³/mol. The van der Waals surface area contributed by atoms with Crippen molar-refractivity contribution in [3.63, 3.8) is 0 Å². The molecule has 0 amide bonds. The van der Waals surface area contributed by atoms with Crippen LogP contribution in [0.5, 0.6) is 0 Å². The Bertz CT molecular complexity index is 1690. The second-order valence-electron chi connectivity index (χ2n) is 11.5. The lowest BCUT2D eigenvalue weighted by Crippen LogP contribution is -2.19. The van der Waals surface area contributed by atoms with Gasteiger partial charge in [-0.15, -0.1) is 0 Å². The van der Waals surface area contributed by atoms with Crippen LogP contribution in [-0.4, -0.2) is 28.2 Å². The third-order valence-corrected chi connectivity index (χ3v) is 9.71. The first-order valence-electron chi connectivity index (χ1n) is 14.8. The van der Waals surface area contributed by atoms with Crippen LogP contribution in [0.1, 0.15) is 28.2 Å². The normalized spacial score (nSPS) is 13.9. The fraction of sp³-hybridized carbons (Fsp3) is 0.125. The van der Waals surface area contributed by atoms with Crippen LogP contribution in [0, 0.1) is 13.1 Å². The third kappa shape index (κ3) is 6.33. The number of halogens is 2. The molecule has 2 aliphatic carbocycles. The molecule has 2 nitrogen and oxygen atoms in total. The molecule has 4 heteroatoms. The lowest BCUT2D eigenvalue weighted by Gasteiger charge is -2.30. The van der Waals surface area contributed by atoms with Crippen molar-refractivity contribution in [1.82, 2.24) is 0 Å². The first-order valence-corrected chi connectivity index (χ1v) is 16.9. The van der Waals surface area contributed by atoms with Gasteiger partial charge in [0.1, 0.15) is 0 Å². The molecule has 2 aliphatic rings. The van der Waals surface area contributed by atoms with Gasteiger partial charge in [0, 0.05) is 93.1 Å². The standard InChI is InChI=1S/C40H35I2N2/c1-43(2)34-23-15-30(16-24-34)39(31-17-25-35(26-18-31)44(3)4)37-10-6-8-27-7-5-9-36(40(27)37)38(28-11-19-32(41)20-12-28)29-13-21-33(42)22-14-29/h5-26,39H,1-4H3/q+1. The number of rotatable bonds is 7. The molecule has 0 fully saturated rings. The molecule has 0 N–H and O–H groups in total. The van der Waals surface area contributed by atoms with Gasteiger partial charge >= 0.3 is 0 Å². The Labute approximate surface area is 289 Å². The highest BCUT2D eigenvalue weighted by Gasteiger charge is 2.38. The van der Waals surface area contributed by atoms with Crippen molar-refractivity contribution in [2.45, 2.75) is 5.92 Å². The van der Waals surface area contributed by atoms with E-state index in [1.165, 1.54) is 69.0 Å². The maximum atomic E-state index is 2.39. The highest BCUT2D eigenvalue weighted by Crippen LogP contribution is 2.49. The van der Waals surface area contributed by atoms with E-state index in [4.69, 9.17) is 0 Å². The number of benzene rings is 4. The van der Waals surface area contributed by atoms with Gasteiger partial charge in [-0.3, -0.25) is 0 Å². The summed E-state index contributed by atoms with van der Waals surface area (Å²) in [6.45, 7) is 0. The van der Waals surface area contributed by atoms with Gasteiger partial charge in [-0.05, 0) is 147 Å². The number of anilines is 2. The van der Waals surface area contributed by atoms with Gasteiger partial charge in [0.05, 0.1) is 17.1 Å². The summed E-state index contributed by atoms with van der Waals surface area (Å²) < 4.78 is 2.46. The zero-order valence-corrected chi connectivity index (χ0v) is 29.7. The summed E-state index contributed by atoms with van der Waals surface area (Å²) in [6, 6.07) is 36.0. The van der Waals surface area contributed by atoms with Gasteiger partial charge in [-0.1, -0.05) is 24.3 Å². The van der Waals surface area contributed by atoms with Crippen molar-refractivity contribution in [2.24, 2.45) is 0 Å². The topological polar surface area (TPSA) is 6.48 Å². The van der Waals surface area contributed by atoms with Crippen molar-refractivity contribution in [3.05, 3.63) is 186 Å². The van der Waals surface area contributed by atoms with Gasteiger partial charge in [-0.2, -0.15) is 0 Å². The smallest absolute Gasteiger partial charge is 0.0738 e. The number of nitrogens with zero attached hydrogens (tertiary/aromatic N) is 2. The van der Waals surface area contributed by atoms with E-state index in [0.29, 0.717) is 0 Å². The Kier molecular flexibility index (Phi) is 9.19. The van der Waals surface area contributed by atoms with Gasteiger partial charge in [0.25, 0.3) is 0 Å². The lowest BCUT2D eigenvalue weighted by molar-refractivity contribution is 0.915. The van der Waals surface area contributed by atoms with E-state index >= 15 is 0 Å². The maximum Gasteiger partial charge on any atom is 0.0738 e. The molecular formula is C40H35I2N2+. The molecule has 0 aliphatic heterocycles. The van der Waals surface area contributed by atoms with E-state index in [0.717, 1.165) is 0 Å². The molecule has 6 rings (SSSR count). The molecule has 0 saturated heterocycles. The van der Waals surface area contributed by atoms with Crippen LogP contribution < -0.4 is 9.80 Å². The summed E-state index contributed by atoms with van der Waals surface area (Å²) in [4.78, 5) is 4.31. The molecule has 4 aromatic carbocycles. The fourth-order valence-electron chi connectivity index (χ4n) is 6.01. The van der Waals surface area contributed by atoms with Crippen LogP contribution in [0.4, 0.5) is 11.4 Å². The Morgan fingerprint density at radius 3 is 1.48 bits per heavy atom. The number of allylic oxidation sites excluding steroid dienone is 9. The summed E-state index contributed by atoms with van der Waals surface area (Å²) in [6.07, 6.45) is 13.6. The Balaban J connectivity index is 1.57. The van der Waals surface area contributed by atoms with E-state index in [2.05, 4.69) is 217 Å². The fourth-order valence-corrected chi connectivity index (χ4v) is 6.73. The van der Waals surface area contributed by atoms with Gasteiger partial charge in [-0.25, -0.2) is 0 Å². The van der Waals surface area contributed by atoms with E-state index in [-0.39, 0.29) is 5.92 Å². The monoisotopic (exact) mass is 797 g/mol. The number of hydrogen-bond donors (Lipinski definition) is 0. The predicted octanol–water partition coefficient (Wildman–Crippen LogP) is 10.2. The highest BCUT2D eigenvalue weighted by atomic mass is 127. The second-order valence-corrected chi connectivity index (χ2v) is 14.0. The zero-order valence-electron chi connectivity index (χ0n) is 25.4. The van der Waals surface area contributed by atoms with E-state index in [1.54, 1.807) is 0 Å². The van der Waals surface area contributed by atoms with Crippen molar-refractivity contribution in [2.75, 3.05) is 38.0 Å². The minimum absolute atomic E-state index is 0.0574. The average molecular weight is 798 g/mol. The maximum absolute atomic E-state index is 2.39. The van der Waals surface area contributed by atoms with Crippen LogP contribution in [0.3, 0.4) is 0 Å². The minimum atomic E-state index is 0.0574. The lowest BCUT2D eigenvalue weighted by atomic mass is 9.68. The van der Waals surface area contributed by atoms with Crippen LogP contribution >= 0.6 is 45.2 Å². The minimum Gasteiger partial charge on any atom is -0.378 e. The summed E-state index contributed by atoms with van der Waals surface area (Å²) >= 11 is 4.78. The largest absolute Gasteiger partial charge is 0.378 e. The molecule has 0 heterocycles. The van der Waals surface area contributed by atoms with Crippen LogP contribution in [0.25, 0.3) is 5.57 Å². The highest BCUT2D eigenvalue weighted by molar-refractivity contribution is 14.1. The molecule has 0 saturated carbocycles. The first-order chi connectivity index (χ1) is 21.3. The average Bonchev–Trinajstić information content (AvgIpc) is 3.04. The molecule has 0 aromatic heterocycles. The molecule has 4 aromatic rings. The van der Waals surface area contributed by atoms with Crippen molar-refractivity contribution in [3.8, 4) is 0 Å². The second kappa shape index (κ2) is 13.2. The van der Waals surface area contributed by atoms with Crippen LogP contribution in [-0.2, 0) is 0 Å². The Hall–Kier alpha value is -3.49. The van der Waals surface area contributed by atoms with Crippen LogP contribution in [0.15, 0.2) is 150 Å². The molecule has 0 spiro atoms. The molecule has 0 unspecified atom stereocenters. The molecular weight excluding hydrogens is 762 g/mol. The number of hydrogen-bond acceptors (Lipinski definition) is 2.